The van der Waals surface area contributed by atoms with Gasteiger partial charge in [0.25, 0.3) is 5.91 Å². The summed E-state index contributed by atoms with van der Waals surface area (Å²) in [4.78, 5) is 24.0. The van der Waals surface area contributed by atoms with Crippen molar-refractivity contribution >= 4 is 40.8 Å². The van der Waals surface area contributed by atoms with Crippen molar-refractivity contribution in [1.29, 1.82) is 0 Å². The third-order valence-electron chi connectivity index (χ3n) is 2.96. The van der Waals surface area contributed by atoms with Crippen LogP contribution in [0, 0.1) is 0 Å². The molecule has 1 amide bonds. The Morgan fingerprint density at radius 2 is 1.71 bits per heavy atom. The van der Waals surface area contributed by atoms with Crippen molar-refractivity contribution in [3.8, 4) is 5.75 Å². The molecule has 0 fully saturated rings. The van der Waals surface area contributed by atoms with Crippen LogP contribution < -0.4 is 10.1 Å². The van der Waals surface area contributed by atoms with Crippen molar-refractivity contribution in [3.63, 3.8) is 0 Å². The molecule has 0 heterocycles. The summed E-state index contributed by atoms with van der Waals surface area (Å²) in [5, 5.41) is 2.95. The molecule has 0 saturated carbocycles. The van der Waals surface area contributed by atoms with E-state index in [0.717, 1.165) is 0 Å². The standard InChI is InChI=1S/C17H15Cl2NO4/c1-2-23-14-9-4-3-8-13(14)20-15(21)10-24-17(22)16-11(18)6-5-7-12(16)19/h3-9H,2,10H2,1H3,(H,20,21). The molecule has 126 valence electrons. The molecule has 0 aromatic heterocycles. The van der Waals surface area contributed by atoms with Gasteiger partial charge >= 0.3 is 5.97 Å². The molecule has 0 radical (unpaired) electrons. The maximum Gasteiger partial charge on any atom is 0.341 e. The normalized spacial score (nSPS) is 10.1. The molecule has 24 heavy (non-hydrogen) atoms. The largest absolute Gasteiger partial charge is 0.492 e. The smallest absolute Gasteiger partial charge is 0.341 e. The molecule has 0 unspecified atom stereocenters. The minimum Gasteiger partial charge on any atom is -0.492 e. The van der Waals surface area contributed by atoms with Crippen LogP contribution in [0.5, 0.6) is 5.75 Å². The first-order valence-corrected chi connectivity index (χ1v) is 7.91. The van der Waals surface area contributed by atoms with Crippen LogP contribution in [0.25, 0.3) is 0 Å². The zero-order chi connectivity index (χ0) is 17.5. The number of benzene rings is 2. The fourth-order valence-electron chi connectivity index (χ4n) is 1.93. The van der Waals surface area contributed by atoms with Gasteiger partial charge in [-0.05, 0) is 31.2 Å². The predicted molar refractivity (Wildman–Crippen MR) is 93.0 cm³/mol. The van der Waals surface area contributed by atoms with E-state index in [9.17, 15) is 9.59 Å². The number of nitrogens with one attached hydrogen (secondary N) is 1. The number of para-hydroxylation sites is 2. The van der Waals surface area contributed by atoms with E-state index in [2.05, 4.69) is 5.32 Å². The molecule has 7 heteroatoms. The van der Waals surface area contributed by atoms with Crippen LogP contribution in [0.1, 0.15) is 17.3 Å². The third kappa shape index (κ3) is 4.63. The van der Waals surface area contributed by atoms with Crippen LogP contribution in [-0.4, -0.2) is 25.1 Å². The van der Waals surface area contributed by atoms with E-state index < -0.39 is 18.5 Å². The van der Waals surface area contributed by atoms with Gasteiger partial charge in [0.05, 0.1) is 27.9 Å². The second-order valence-corrected chi connectivity index (χ2v) is 5.46. The summed E-state index contributed by atoms with van der Waals surface area (Å²) < 4.78 is 10.4. The summed E-state index contributed by atoms with van der Waals surface area (Å²) >= 11 is 11.8. The molecule has 0 aliphatic heterocycles. The van der Waals surface area contributed by atoms with E-state index in [1.807, 2.05) is 6.92 Å². The summed E-state index contributed by atoms with van der Waals surface area (Å²) in [6.07, 6.45) is 0. The fourth-order valence-corrected chi connectivity index (χ4v) is 2.49. The summed E-state index contributed by atoms with van der Waals surface area (Å²) in [5.41, 5.74) is 0.527. The van der Waals surface area contributed by atoms with Gasteiger partial charge in [-0.2, -0.15) is 0 Å². The summed E-state index contributed by atoms with van der Waals surface area (Å²) in [6.45, 7) is 1.83. The maximum absolute atomic E-state index is 12.0. The second-order valence-electron chi connectivity index (χ2n) is 4.65. The van der Waals surface area contributed by atoms with Gasteiger partial charge in [0.15, 0.2) is 6.61 Å². The Balaban J connectivity index is 1.98. The van der Waals surface area contributed by atoms with Crippen molar-refractivity contribution < 1.29 is 19.1 Å². The Bertz CT molecular complexity index is 729. The van der Waals surface area contributed by atoms with Gasteiger partial charge in [0.2, 0.25) is 0 Å². The van der Waals surface area contributed by atoms with Gasteiger partial charge in [-0.3, -0.25) is 4.79 Å². The number of ether oxygens (including phenoxy) is 2. The predicted octanol–water partition coefficient (Wildman–Crippen LogP) is 4.19. The van der Waals surface area contributed by atoms with Gasteiger partial charge in [-0.1, -0.05) is 41.4 Å². The highest BCUT2D eigenvalue weighted by Crippen LogP contribution is 2.25. The lowest BCUT2D eigenvalue weighted by Gasteiger charge is -2.12. The minimum absolute atomic E-state index is 0.0309. The molecule has 0 saturated heterocycles. The van der Waals surface area contributed by atoms with E-state index in [0.29, 0.717) is 18.0 Å². The van der Waals surface area contributed by atoms with Crippen LogP contribution in [-0.2, 0) is 9.53 Å². The van der Waals surface area contributed by atoms with Crippen LogP contribution in [0.3, 0.4) is 0 Å². The molecule has 5 nitrogen and oxygen atoms in total. The monoisotopic (exact) mass is 367 g/mol. The maximum atomic E-state index is 12.0. The van der Waals surface area contributed by atoms with Crippen molar-refractivity contribution in [2.45, 2.75) is 6.92 Å². The molecule has 0 atom stereocenters. The number of amides is 1. The molecule has 0 spiro atoms. The number of carbonyl (C=O) groups excluding carboxylic acids is 2. The van der Waals surface area contributed by atoms with Gasteiger partial charge in [-0.15, -0.1) is 0 Å². The minimum atomic E-state index is -0.765. The number of carbonyl (C=O) groups is 2. The lowest BCUT2D eigenvalue weighted by Crippen LogP contribution is -2.21. The Morgan fingerprint density at radius 3 is 2.38 bits per heavy atom. The number of halogens is 2. The van der Waals surface area contributed by atoms with Crippen LogP contribution >= 0.6 is 23.2 Å². The van der Waals surface area contributed by atoms with E-state index in [1.54, 1.807) is 30.3 Å². The molecule has 2 rings (SSSR count). The quantitative estimate of drug-likeness (QED) is 0.777. The SMILES string of the molecule is CCOc1ccccc1NC(=O)COC(=O)c1c(Cl)cccc1Cl. The van der Waals surface area contributed by atoms with E-state index in [1.165, 1.54) is 12.1 Å². The second kappa shape index (κ2) is 8.57. The lowest BCUT2D eigenvalue weighted by molar-refractivity contribution is -0.119. The Labute approximate surface area is 149 Å². The molecular weight excluding hydrogens is 353 g/mol. The number of anilines is 1. The van der Waals surface area contributed by atoms with Gasteiger partial charge in [-0.25, -0.2) is 4.79 Å². The molecule has 0 aliphatic carbocycles. The van der Waals surface area contributed by atoms with E-state index in [-0.39, 0.29) is 15.6 Å². The van der Waals surface area contributed by atoms with Gasteiger partial charge in [0.1, 0.15) is 5.75 Å². The van der Waals surface area contributed by atoms with Crippen molar-refractivity contribution in [2.24, 2.45) is 0 Å². The van der Waals surface area contributed by atoms with Crippen LogP contribution in [0.15, 0.2) is 42.5 Å². The molecular formula is C17H15Cl2NO4. The first-order valence-electron chi connectivity index (χ1n) is 7.15. The first kappa shape index (κ1) is 18.1. The topological polar surface area (TPSA) is 64.6 Å². The summed E-state index contributed by atoms with van der Waals surface area (Å²) in [6, 6.07) is 11.6. The number of esters is 1. The molecule has 0 aliphatic rings. The highest BCUT2D eigenvalue weighted by Gasteiger charge is 2.17. The first-order chi connectivity index (χ1) is 11.5. The Kier molecular flexibility index (Phi) is 6.46. The van der Waals surface area contributed by atoms with Crippen molar-refractivity contribution in [3.05, 3.63) is 58.1 Å². The number of hydrogen-bond acceptors (Lipinski definition) is 4. The highest BCUT2D eigenvalue weighted by atomic mass is 35.5. The molecule has 2 aromatic carbocycles. The van der Waals surface area contributed by atoms with E-state index in [4.69, 9.17) is 32.7 Å². The van der Waals surface area contributed by atoms with E-state index >= 15 is 0 Å². The molecule has 2 aromatic rings. The zero-order valence-corrected chi connectivity index (χ0v) is 14.4. The molecule has 1 N–H and O–H groups in total. The lowest BCUT2D eigenvalue weighted by atomic mass is 10.2. The Morgan fingerprint density at radius 1 is 1.04 bits per heavy atom. The average molecular weight is 368 g/mol. The summed E-state index contributed by atoms with van der Waals surface area (Å²) in [5.74, 6) is -0.730. The average Bonchev–Trinajstić information content (AvgIpc) is 2.55. The van der Waals surface area contributed by atoms with Crippen molar-refractivity contribution in [2.75, 3.05) is 18.5 Å². The van der Waals surface area contributed by atoms with Crippen LogP contribution in [0.2, 0.25) is 10.0 Å². The van der Waals surface area contributed by atoms with Crippen molar-refractivity contribution in [1.82, 2.24) is 0 Å². The van der Waals surface area contributed by atoms with Gasteiger partial charge in [0, 0.05) is 0 Å². The fraction of sp³-hybridized carbons (Fsp3) is 0.176. The number of rotatable bonds is 6. The zero-order valence-electron chi connectivity index (χ0n) is 12.8. The van der Waals surface area contributed by atoms with Crippen LogP contribution in [0.4, 0.5) is 5.69 Å². The summed E-state index contributed by atoms with van der Waals surface area (Å²) in [7, 11) is 0. The van der Waals surface area contributed by atoms with Gasteiger partial charge < -0.3 is 14.8 Å². The Hall–Kier alpha value is -2.24. The third-order valence-corrected chi connectivity index (χ3v) is 3.59. The highest BCUT2D eigenvalue weighted by molar-refractivity contribution is 6.39. The number of hydrogen-bond donors (Lipinski definition) is 1. The molecule has 0 bridgehead atoms.